The van der Waals surface area contributed by atoms with E-state index in [-0.39, 0.29) is 18.6 Å². The van der Waals surface area contributed by atoms with E-state index in [1.165, 1.54) is 32.4 Å². The van der Waals surface area contributed by atoms with Crippen molar-refractivity contribution in [3.05, 3.63) is 0 Å². The van der Waals surface area contributed by atoms with Crippen LogP contribution >= 0.6 is 0 Å². The Morgan fingerprint density at radius 1 is 1.30 bits per heavy atom. The highest BCUT2D eigenvalue weighted by Gasteiger charge is 2.17. The second-order valence-electron chi connectivity index (χ2n) is 5.87. The average molecular weight is 284 g/mol. The van der Waals surface area contributed by atoms with Crippen molar-refractivity contribution in [2.24, 2.45) is 0 Å². The molecular formula is C15H28N2O3. The quantitative estimate of drug-likeness (QED) is 0.703. The van der Waals surface area contributed by atoms with Crippen LogP contribution in [0.1, 0.15) is 32.1 Å². The van der Waals surface area contributed by atoms with Crippen molar-refractivity contribution in [2.45, 2.75) is 38.2 Å². The van der Waals surface area contributed by atoms with Gasteiger partial charge in [-0.3, -0.25) is 4.79 Å². The molecule has 1 unspecified atom stereocenters. The van der Waals surface area contributed by atoms with Gasteiger partial charge in [0.2, 0.25) is 5.91 Å². The number of likely N-dealkylation sites (N-methyl/N-ethyl adjacent to an activating group) is 1. The van der Waals surface area contributed by atoms with Gasteiger partial charge in [0.25, 0.3) is 0 Å². The second-order valence-corrected chi connectivity index (χ2v) is 5.87. The summed E-state index contributed by atoms with van der Waals surface area (Å²) < 4.78 is 11.1. The number of likely N-dealkylation sites (tertiary alicyclic amines) is 1. The molecule has 2 fully saturated rings. The lowest BCUT2D eigenvalue weighted by atomic mass is 10.1. The van der Waals surface area contributed by atoms with Gasteiger partial charge in [-0.25, -0.2) is 0 Å². The molecule has 1 amide bonds. The largest absolute Gasteiger partial charge is 0.376 e. The van der Waals surface area contributed by atoms with E-state index < -0.39 is 0 Å². The molecule has 2 aliphatic rings. The Balaban J connectivity index is 1.53. The zero-order chi connectivity index (χ0) is 14.2. The highest BCUT2D eigenvalue weighted by atomic mass is 16.5. The number of hydrogen-bond acceptors (Lipinski definition) is 4. The predicted octanol–water partition coefficient (Wildman–Crippen LogP) is 1.13. The first-order valence-electron chi connectivity index (χ1n) is 7.91. The molecule has 0 aromatic carbocycles. The fourth-order valence-electron chi connectivity index (χ4n) is 2.75. The van der Waals surface area contributed by atoms with Crippen LogP contribution in [0.25, 0.3) is 0 Å². The topological polar surface area (TPSA) is 42.0 Å². The van der Waals surface area contributed by atoms with Crippen LogP contribution < -0.4 is 0 Å². The Hall–Kier alpha value is -0.650. The smallest absolute Gasteiger partial charge is 0.248 e. The third-order valence-corrected chi connectivity index (χ3v) is 4.18. The van der Waals surface area contributed by atoms with Crippen molar-refractivity contribution in [3.8, 4) is 0 Å². The average Bonchev–Trinajstić information content (AvgIpc) is 2.99. The lowest BCUT2D eigenvalue weighted by Crippen LogP contribution is -2.37. The van der Waals surface area contributed by atoms with Crippen molar-refractivity contribution >= 4 is 5.91 Å². The van der Waals surface area contributed by atoms with E-state index >= 15 is 0 Å². The van der Waals surface area contributed by atoms with Gasteiger partial charge in [0.1, 0.15) is 6.61 Å². The van der Waals surface area contributed by atoms with Crippen LogP contribution in [-0.2, 0) is 14.3 Å². The Labute approximate surface area is 122 Å². The summed E-state index contributed by atoms with van der Waals surface area (Å²) in [6.07, 6.45) is 6.18. The maximum Gasteiger partial charge on any atom is 0.248 e. The van der Waals surface area contributed by atoms with Crippen LogP contribution in [0.2, 0.25) is 0 Å². The molecule has 20 heavy (non-hydrogen) atoms. The molecule has 0 N–H and O–H groups in total. The highest BCUT2D eigenvalue weighted by Crippen LogP contribution is 2.12. The van der Waals surface area contributed by atoms with Crippen LogP contribution in [0.5, 0.6) is 0 Å². The molecule has 0 aliphatic carbocycles. The van der Waals surface area contributed by atoms with Gasteiger partial charge < -0.3 is 19.3 Å². The molecule has 2 saturated heterocycles. The number of carbonyl (C=O) groups excluding carboxylic acids is 1. The third-order valence-electron chi connectivity index (χ3n) is 4.18. The minimum Gasteiger partial charge on any atom is -0.376 e. The van der Waals surface area contributed by atoms with E-state index in [1.807, 2.05) is 7.05 Å². The number of nitrogens with zero attached hydrogens (tertiary/aromatic N) is 2. The van der Waals surface area contributed by atoms with Gasteiger partial charge in [0, 0.05) is 26.7 Å². The number of hydrogen-bond donors (Lipinski definition) is 0. The van der Waals surface area contributed by atoms with Gasteiger partial charge in [-0.05, 0) is 45.2 Å². The molecule has 1 atom stereocenters. The van der Waals surface area contributed by atoms with Gasteiger partial charge >= 0.3 is 0 Å². The third kappa shape index (κ3) is 5.38. The van der Waals surface area contributed by atoms with E-state index in [2.05, 4.69) is 4.90 Å². The summed E-state index contributed by atoms with van der Waals surface area (Å²) in [4.78, 5) is 16.1. The van der Waals surface area contributed by atoms with Crippen LogP contribution in [0.15, 0.2) is 0 Å². The number of carbonyl (C=O) groups is 1. The number of amides is 1. The van der Waals surface area contributed by atoms with Crippen molar-refractivity contribution in [1.29, 1.82) is 0 Å². The molecule has 0 spiro atoms. The maximum atomic E-state index is 11.9. The Morgan fingerprint density at radius 3 is 2.80 bits per heavy atom. The molecular weight excluding hydrogens is 256 g/mol. The summed E-state index contributed by atoms with van der Waals surface area (Å²) in [5, 5.41) is 0. The zero-order valence-corrected chi connectivity index (χ0v) is 12.7. The fourth-order valence-corrected chi connectivity index (χ4v) is 2.75. The zero-order valence-electron chi connectivity index (χ0n) is 12.7. The minimum atomic E-state index is 0.0695. The predicted molar refractivity (Wildman–Crippen MR) is 77.7 cm³/mol. The molecule has 2 rings (SSSR count). The minimum absolute atomic E-state index is 0.0695. The number of ether oxygens (including phenoxy) is 2. The Kier molecular flexibility index (Phi) is 6.76. The van der Waals surface area contributed by atoms with Crippen molar-refractivity contribution in [2.75, 3.05) is 53.0 Å². The fraction of sp³-hybridized carbons (Fsp3) is 0.933. The van der Waals surface area contributed by atoms with E-state index in [0.717, 1.165) is 32.5 Å². The molecule has 2 aliphatic heterocycles. The first-order chi connectivity index (χ1) is 9.75. The molecule has 0 aromatic rings. The molecule has 2 heterocycles. The first-order valence-corrected chi connectivity index (χ1v) is 7.91. The van der Waals surface area contributed by atoms with Gasteiger partial charge in [-0.1, -0.05) is 0 Å². The van der Waals surface area contributed by atoms with Gasteiger partial charge in [0.15, 0.2) is 0 Å². The number of rotatable bonds is 7. The van der Waals surface area contributed by atoms with Crippen molar-refractivity contribution < 1.29 is 14.3 Å². The normalized spacial score (nSPS) is 23.9. The van der Waals surface area contributed by atoms with E-state index in [9.17, 15) is 4.79 Å². The van der Waals surface area contributed by atoms with Crippen LogP contribution in [0.3, 0.4) is 0 Å². The maximum absolute atomic E-state index is 11.9. The van der Waals surface area contributed by atoms with Gasteiger partial charge in [-0.2, -0.15) is 0 Å². The highest BCUT2D eigenvalue weighted by molar-refractivity contribution is 5.77. The summed E-state index contributed by atoms with van der Waals surface area (Å²) in [5.74, 6) is 0.0695. The molecule has 116 valence electrons. The lowest BCUT2D eigenvalue weighted by Gasteiger charge is -2.24. The summed E-state index contributed by atoms with van der Waals surface area (Å²) >= 11 is 0. The van der Waals surface area contributed by atoms with Crippen LogP contribution in [0, 0.1) is 0 Å². The summed E-state index contributed by atoms with van der Waals surface area (Å²) in [6.45, 7) is 5.69. The summed E-state index contributed by atoms with van der Waals surface area (Å²) in [6, 6.07) is 0. The van der Waals surface area contributed by atoms with Gasteiger partial charge in [0.05, 0.1) is 12.7 Å². The second kappa shape index (κ2) is 8.60. The van der Waals surface area contributed by atoms with E-state index in [0.29, 0.717) is 6.61 Å². The summed E-state index contributed by atoms with van der Waals surface area (Å²) in [7, 11) is 1.86. The van der Waals surface area contributed by atoms with Gasteiger partial charge in [-0.15, -0.1) is 0 Å². The Bertz CT molecular complexity index is 287. The molecule has 0 radical (unpaired) electrons. The molecule has 0 saturated carbocycles. The van der Waals surface area contributed by atoms with E-state index in [1.54, 1.807) is 4.90 Å². The monoisotopic (exact) mass is 284 g/mol. The Morgan fingerprint density at radius 2 is 2.10 bits per heavy atom. The molecule has 0 bridgehead atoms. The lowest BCUT2D eigenvalue weighted by molar-refractivity contribution is -0.137. The van der Waals surface area contributed by atoms with Crippen molar-refractivity contribution in [3.63, 3.8) is 0 Å². The van der Waals surface area contributed by atoms with Crippen molar-refractivity contribution in [1.82, 2.24) is 9.80 Å². The van der Waals surface area contributed by atoms with Crippen LogP contribution in [-0.4, -0.2) is 74.9 Å². The SMILES string of the molecule is CN(CCN1CCCC1)C(=O)COCC1CCCCO1. The van der Waals surface area contributed by atoms with Crippen LogP contribution in [0.4, 0.5) is 0 Å². The standard InChI is InChI=1S/C15H28N2O3/c1-16(9-10-17-7-3-4-8-17)15(18)13-19-12-14-6-2-5-11-20-14/h14H,2-13H2,1H3. The van der Waals surface area contributed by atoms with E-state index in [4.69, 9.17) is 9.47 Å². The molecule has 0 aromatic heterocycles. The summed E-state index contributed by atoms with van der Waals surface area (Å²) in [5.41, 5.74) is 0. The molecule has 5 nitrogen and oxygen atoms in total. The molecule has 5 heteroatoms. The first kappa shape index (κ1) is 15.7.